The molecule has 0 saturated carbocycles. The van der Waals surface area contributed by atoms with Gasteiger partial charge in [0.05, 0.1) is 13.2 Å². The largest absolute Gasteiger partial charge is 0.394 e. The summed E-state index contributed by atoms with van der Waals surface area (Å²) in [6, 6.07) is 0. The van der Waals surface area contributed by atoms with Crippen molar-refractivity contribution in [2.75, 3.05) is 13.2 Å². The molecule has 0 spiro atoms. The summed E-state index contributed by atoms with van der Waals surface area (Å²) < 4.78 is 21.8. The van der Waals surface area contributed by atoms with E-state index in [2.05, 4.69) is 0 Å². The molecule has 0 aromatic heterocycles. The number of aliphatic hydroxyl groups excluding tert-OH is 2. The third-order valence-corrected chi connectivity index (χ3v) is 2.82. The molecule has 94 valence electrons. The molecule has 0 radical (unpaired) electrons. The fourth-order valence-electron chi connectivity index (χ4n) is 2.07. The van der Waals surface area contributed by atoms with Gasteiger partial charge >= 0.3 is 0 Å². The van der Waals surface area contributed by atoms with E-state index in [0.717, 1.165) is 0 Å². The molecule has 16 heavy (non-hydrogen) atoms. The molecule has 2 aliphatic heterocycles. The first kappa shape index (κ1) is 12.2. The first-order valence-corrected chi connectivity index (χ1v) is 5.48. The minimum Gasteiger partial charge on any atom is -0.394 e. The maximum absolute atomic E-state index is 9.67. The van der Waals surface area contributed by atoms with Crippen LogP contribution in [0.25, 0.3) is 0 Å². The lowest BCUT2D eigenvalue weighted by atomic mass is 10.0. The van der Waals surface area contributed by atoms with Crippen molar-refractivity contribution >= 4 is 0 Å². The van der Waals surface area contributed by atoms with Gasteiger partial charge in [-0.2, -0.15) is 0 Å². The predicted octanol–water partition coefficient (Wildman–Crippen LogP) is -0.769. The summed E-state index contributed by atoms with van der Waals surface area (Å²) >= 11 is 0. The third-order valence-electron chi connectivity index (χ3n) is 2.82. The highest BCUT2D eigenvalue weighted by Crippen LogP contribution is 2.28. The standard InChI is InChI=1S/C10H18O6/c1-5-13-4-8-10(15-5)9(7(12)3-11)16-6(2)14-8/h5-12H,3-4H2,1-2H3/t5-,6+,7-,8+,9+,10-/m0/s1. The Hall–Kier alpha value is -0.240. The van der Waals surface area contributed by atoms with Gasteiger partial charge in [-0.05, 0) is 13.8 Å². The van der Waals surface area contributed by atoms with Crippen LogP contribution in [-0.4, -0.2) is 60.4 Å². The van der Waals surface area contributed by atoms with E-state index in [9.17, 15) is 5.11 Å². The summed E-state index contributed by atoms with van der Waals surface area (Å²) in [4.78, 5) is 0. The normalized spacial score (nSPS) is 46.1. The fraction of sp³-hybridized carbons (Fsp3) is 1.00. The van der Waals surface area contributed by atoms with Crippen molar-refractivity contribution in [1.29, 1.82) is 0 Å². The number of hydrogen-bond acceptors (Lipinski definition) is 6. The number of aliphatic hydroxyl groups is 2. The molecule has 0 amide bonds. The van der Waals surface area contributed by atoms with Crippen LogP contribution in [0.15, 0.2) is 0 Å². The molecule has 0 aromatic rings. The third kappa shape index (κ3) is 2.37. The van der Waals surface area contributed by atoms with Crippen molar-refractivity contribution in [1.82, 2.24) is 0 Å². The zero-order chi connectivity index (χ0) is 11.7. The second kappa shape index (κ2) is 4.95. The molecule has 2 fully saturated rings. The average molecular weight is 234 g/mol. The number of hydrogen-bond donors (Lipinski definition) is 2. The van der Waals surface area contributed by atoms with Crippen molar-refractivity contribution in [3.8, 4) is 0 Å². The Kier molecular flexibility index (Phi) is 3.78. The van der Waals surface area contributed by atoms with Crippen LogP contribution in [0.4, 0.5) is 0 Å². The van der Waals surface area contributed by atoms with Gasteiger partial charge in [-0.15, -0.1) is 0 Å². The van der Waals surface area contributed by atoms with E-state index in [1.54, 1.807) is 13.8 Å². The van der Waals surface area contributed by atoms with Crippen LogP contribution in [0.3, 0.4) is 0 Å². The molecular weight excluding hydrogens is 216 g/mol. The zero-order valence-corrected chi connectivity index (χ0v) is 9.41. The maximum atomic E-state index is 9.67. The molecule has 2 N–H and O–H groups in total. The van der Waals surface area contributed by atoms with E-state index in [1.165, 1.54) is 0 Å². The molecule has 2 aliphatic rings. The maximum Gasteiger partial charge on any atom is 0.156 e. The Bertz CT molecular complexity index is 233. The van der Waals surface area contributed by atoms with Gasteiger partial charge in [-0.25, -0.2) is 0 Å². The number of ether oxygens (including phenoxy) is 4. The van der Waals surface area contributed by atoms with Gasteiger partial charge in [-0.1, -0.05) is 0 Å². The van der Waals surface area contributed by atoms with Gasteiger partial charge in [0, 0.05) is 0 Å². The molecule has 6 nitrogen and oxygen atoms in total. The second-order valence-electron chi connectivity index (χ2n) is 4.09. The minimum atomic E-state index is -0.968. The Labute approximate surface area is 94.1 Å². The highest BCUT2D eigenvalue weighted by Gasteiger charge is 2.45. The van der Waals surface area contributed by atoms with Crippen LogP contribution in [-0.2, 0) is 18.9 Å². The molecular formula is C10H18O6. The van der Waals surface area contributed by atoms with Gasteiger partial charge in [0.2, 0.25) is 0 Å². The van der Waals surface area contributed by atoms with Gasteiger partial charge in [0.25, 0.3) is 0 Å². The molecule has 0 aliphatic carbocycles. The highest BCUT2D eigenvalue weighted by molar-refractivity contribution is 4.89. The Morgan fingerprint density at radius 1 is 1.19 bits per heavy atom. The van der Waals surface area contributed by atoms with Crippen LogP contribution in [0.1, 0.15) is 13.8 Å². The molecule has 0 bridgehead atoms. The summed E-state index contributed by atoms with van der Waals surface area (Å²) in [5.41, 5.74) is 0. The van der Waals surface area contributed by atoms with E-state index in [1.807, 2.05) is 0 Å². The summed E-state index contributed by atoms with van der Waals surface area (Å²) in [6.07, 6.45) is -2.99. The second-order valence-corrected chi connectivity index (χ2v) is 4.09. The summed E-state index contributed by atoms with van der Waals surface area (Å²) in [6.45, 7) is 3.56. The molecule has 0 unspecified atom stereocenters. The smallest absolute Gasteiger partial charge is 0.156 e. The molecule has 2 rings (SSSR count). The monoisotopic (exact) mass is 234 g/mol. The molecule has 6 heteroatoms. The average Bonchev–Trinajstić information content (AvgIpc) is 2.27. The predicted molar refractivity (Wildman–Crippen MR) is 52.6 cm³/mol. The van der Waals surface area contributed by atoms with Crippen molar-refractivity contribution in [3.05, 3.63) is 0 Å². The quantitative estimate of drug-likeness (QED) is 0.653. The van der Waals surface area contributed by atoms with Gasteiger partial charge in [0.1, 0.15) is 24.4 Å². The first-order chi connectivity index (χ1) is 7.61. The fourth-order valence-corrected chi connectivity index (χ4v) is 2.07. The van der Waals surface area contributed by atoms with E-state index in [0.29, 0.717) is 6.61 Å². The van der Waals surface area contributed by atoms with Gasteiger partial charge in [-0.3, -0.25) is 0 Å². The van der Waals surface area contributed by atoms with Gasteiger partial charge in [0.15, 0.2) is 12.6 Å². The minimum absolute atomic E-state index is 0.258. The number of fused-ring (bicyclic) bond motifs is 1. The van der Waals surface area contributed by atoms with Crippen molar-refractivity contribution in [3.63, 3.8) is 0 Å². The summed E-state index contributed by atoms with van der Waals surface area (Å²) in [7, 11) is 0. The van der Waals surface area contributed by atoms with Crippen molar-refractivity contribution in [2.45, 2.75) is 50.8 Å². The van der Waals surface area contributed by atoms with E-state index in [-0.39, 0.29) is 19.0 Å². The van der Waals surface area contributed by atoms with E-state index >= 15 is 0 Å². The summed E-state index contributed by atoms with van der Waals surface area (Å²) in [5.74, 6) is 0. The van der Waals surface area contributed by atoms with Crippen LogP contribution in [0.5, 0.6) is 0 Å². The highest BCUT2D eigenvalue weighted by atomic mass is 16.8. The SMILES string of the molecule is C[C@H]1OC[C@H]2O[C@@H](C)O[C@H]([C@@H](O)CO)[C@H]2O1. The zero-order valence-electron chi connectivity index (χ0n) is 9.41. The molecule has 2 saturated heterocycles. The van der Waals surface area contributed by atoms with Crippen LogP contribution in [0, 0.1) is 0 Å². The topological polar surface area (TPSA) is 77.4 Å². The van der Waals surface area contributed by atoms with Gasteiger partial charge < -0.3 is 29.2 Å². The van der Waals surface area contributed by atoms with E-state index in [4.69, 9.17) is 24.1 Å². The Balaban J connectivity index is 2.08. The number of rotatable bonds is 2. The lowest BCUT2D eigenvalue weighted by Crippen LogP contribution is -2.60. The lowest BCUT2D eigenvalue weighted by Gasteiger charge is -2.45. The molecule has 2 heterocycles. The van der Waals surface area contributed by atoms with Crippen LogP contribution in [0.2, 0.25) is 0 Å². The lowest BCUT2D eigenvalue weighted by molar-refractivity contribution is -0.361. The van der Waals surface area contributed by atoms with Crippen molar-refractivity contribution < 1.29 is 29.2 Å². The van der Waals surface area contributed by atoms with Crippen LogP contribution >= 0.6 is 0 Å². The molecule has 0 aromatic carbocycles. The van der Waals surface area contributed by atoms with E-state index < -0.39 is 24.6 Å². The Morgan fingerprint density at radius 2 is 1.94 bits per heavy atom. The first-order valence-electron chi connectivity index (χ1n) is 5.48. The van der Waals surface area contributed by atoms with Crippen LogP contribution < -0.4 is 0 Å². The summed E-state index contributed by atoms with van der Waals surface area (Å²) in [5, 5.41) is 18.6. The van der Waals surface area contributed by atoms with Crippen molar-refractivity contribution in [2.24, 2.45) is 0 Å². The Morgan fingerprint density at radius 3 is 2.62 bits per heavy atom. The molecule has 6 atom stereocenters.